The van der Waals surface area contributed by atoms with Crippen molar-refractivity contribution in [1.29, 1.82) is 0 Å². The van der Waals surface area contributed by atoms with E-state index in [2.05, 4.69) is 26.1 Å². The summed E-state index contributed by atoms with van der Waals surface area (Å²) in [6.07, 6.45) is 0. The minimum atomic E-state index is -0.224. The number of nitrogens with zero attached hydrogens (tertiary/aromatic N) is 2. The molecule has 4 rings (SSSR count). The molecule has 5 heteroatoms. The number of hydrogen-bond acceptors (Lipinski definition) is 3. The van der Waals surface area contributed by atoms with Crippen LogP contribution in [0.15, 0.2) is 78.9 Å². The number of para-hydroxylation sites is 1. The Morgan fingerprint density at radius 2 is 1.58 bits per heavy atom. The maximum Gasteiger partial charge on any atom is 0.259 e. The fraction of sp³-hybridized carbons (Fsp3) is 0.214. The topological polar surface area (TPSA) is 56.1 Å². The van der Waals surface area contributed by atoms with Crippen molar-refractivity contribution in [2.45, 2.75) is 33.1 Å². The molecule has 1 heterocycles. The van der Waals surface area contributed by atoms with Gasteiger partial charge in [0.15, 0.2) is 0 Å². The van der Waals surface area contributed by atoms with Crippen molar-refractivity contribution in [2.24, 2.45) is 0 Å². The number of hydrogen-bond donors (Lipinski definition) is 1. The Morgan fingerprint density at radius 1 is 0.939 bits per heavy atom. The van der Waals surface area contributed by atoms with E-state index in [1.807, 2.05) is 90.5 Å². The fourth-order valence-corrected chi connectivity index (χ4v) is 3.85. The summed E-state index contributed by atoms with van der Waals surface area (Å²) in [5.41, 5.74) is 5.42. The second-order valence-electron chi connectivity index (χ2n) is 9.04. The third-order valence-corrected chi connectivity index (χ3v) is 5.71. The van der Waals surface area contributed by atoms with Crippen LogP contribution in [0, 0.1) is 6.92 Å². The predicted molar refractivity (Wildman–Crippen MR) is 133 cm³/mol. The first-order valence-corrected chi connectivity index (χ1v) is 11.0. The van der Waals surface area contributed by atoms with Crippen LogP contribution < -0.4 is 10.1 Å². The first kappa shape index (κ1) is 22.3. The second kappa shape index (κ2) is 8.94. The summed E-state index contributed by atoms with van der Waals surface area (Å²) in [4.78, 5) is 13.7. The average molecular weight is 440 g/mol. The number of aromatic nitrogens is 2. The van der Waals surface area contributed by atoms with Gasteiger partial charge in [-0.2, -0.15) is 5.10 Å². The lowest BCUT2D eigenvalue weighted by atomic mass is 9.87. The molecule has 168 valence electrons. The lowest BCUT2D eigenvalue weighted by molar-refractivity contribution is 0.102. The molecular formula is C28H29N3O2. The molecule has 1 N–H and O–H groups in total. The standard InChI is InChI=1S/C28H29N3O2/c1-19-25(27(32)29-23-18-21(28(2,3)4)16-17-24(23)33-5)26(20-12-8-6-9-13-20)30-31(19)22-14-10-7-11-15-22/h6-18H,1-5H3,(H,29,32). The number of benzene rings is 3. The van der Waals surface area contributed by atoms with Gasteiger partial charge in [-0.1, -0.05) is 75.4 Å². The van der Waals surface area contributed by atoms with Gasteiger partial charge in [-0.15, -0.1) is 0 Å². The van der Waals surface area contributed by atoms with Crippen molar-refractivity contribution >= 4 is 11.6 Å². The van der Waals surface area contributed by atoms with Crippen molar-refractivity contribution in [3.05, 3.63) is 95.7 Å². The normalized spacial score (nSPS) is 11.3. The molecule has 0 atom stereocenters. The molecule has 0 saturated heterocycles. The van der Waals surface area contributed by atoms with Crippen LogP contribution in [0.25, 0.3) is 16.9 Å². The molecule has 0 aliphatic heterocycles. The molecule has 5 nitrogen and oxygen atoms in total. The Morgan fingerprint density at radius 3 is 2.18 bits per heavy atom. The van der Waals surface area contributed by atoms with Gasteiger partial charge in [0.05, 0.1) is 29.7 Å². The summed E-state index contributed by atoms with van der Waals surface area (Å²) >= 11 is 0. The van der Waals surface area contributed by atoms with Crippen LogP contribution in [0.3, 0.4) is 0 Å². The van der Waals surface area contributed by atoms with Gasteiger partial charge in [0.2, 0.25) is 0 Å². The molecule has 4 aromatic rings. The predicted octanol–water partition coefficient (Wildman–Crippen LogP) is 6.41. The summed E-state index contributed by atoms with van der Waals surface area (Å²) in [6.45, 7) is 8.34. The van der Waals surface area contributed by atoms with Crippen LogP contribution in [0.4, 0.5) is 5.69 Å². The van der Waals surface area contributed by atoms with Crippen molar-refractivity contribution in [1.82, 2.24) is 9.78 Å². The van der Waals surface area contributed by atoms with Gasteiger partial charge in [0.25, 0.3) is 5.91 Å². The van der Waals surface area contributed by atoms with E-state index in [-0.39, 0.29) is 11.3 Å². The highest BCUT2D eigenvalue weighted by atomic mass is 16.5. The van der Waals surface area contributed by atoms with E-state index in [0.29, 0.717) is 22.7 Å². The largest absolute Gasteiger partial charge is 0.495 e. The van der Waals surface area contributed by atoms with Crippen molar-refractivity contribution < 1.29 is 9.53 Å². The zero-order chi connectivity index (χ0) is 23.6. The van der Waals surface area contributed by atoms with E-state index >= 15 is 0 Å². The Kier molecular flexibility index (Phi) is 6.05. The minimum absolute atomic E-state index is 0.0605. The molecule has 0 spiro atoms. The van der Waals surface area contributed by atoms with E-state index in [1.165, 1.54) is 0 Å². The highest BCUT2D eigenvalue weighted by Gasteiger charge is 2.25. The Hall–Kier alpha value is -3.86. The van der Waals surface area contributed by atoms with Gasteiger partial charge >= 0.3 is 0 Å². The van der Waals surface area contributed by atoms with Gasteiger partial charge in [-0.25, -0.2) is 4.68 Å². The van der Waals surface area contributed by atoms with E-state index in [1.54, 1.807) is 7.11 Å². The molecule has 1 amide bonds. The first-order valence-electron chi connectivity index (χ1n) is 11.0. The van der Waals surface area contributed by atoms with Crippen molar-refractivity contribution in [3.63, 3.8) is 0 Å². The Labute approximate surface area is 195 Å². The van der Waals surface area contributed by atoms with Crippen molar-refractivity contribution in [3.8, 4) is 22.7 Å². The molecule has 0 unspecified atom stereocenters. The maximum absolute atomic E-state index is 13.7. The van der Waals surface area contributed by atoms with Gasteiger partial charge < -0.3 is 10.1 Å². The molecule has 0 aliphatic carbocycles. The van der Waals surface area contributed by atoms with Gasteiger partial charge in [-0.05, 0) is 42.2 Å². The number of anilines is 1. The van der Waals surface area contributed by atoms with Crippen LogP contribution >= 0.6 is 0 Å². The minimum Gasteiger partial charge on any atom is -0.495 e. The molecule has 0 saturated carbocycles. The highest BCUT2D eigenvalue weighted by Crippen LogP contribution is 2.33. The number of amides is 1. The SMILES string of the molecule is COc1ccc(C(C)(C)C)cc1NC(=O)c1c(-c2ccccc2)nn(-c2ccccc2)c1C. The number of methoxy groups -OCH3 is 1. The lowest BCUT2D eigenvalue weighted by Crippen LogP contribution is -2.17. The zero-order valence-electron chi connectivity index (χ0n) is 19.7. The molecule has 1 aromatic heterocycles. The molecule has 0 fully saturated rings. The van der Waals surface area contributed by atoms with E-state index in [0.717, 1.165) is 22.5 Å². The first-order chi connectivity index (χ1) is 15.8. The number of rotatable bonds is 5. The smallest absolute Gasteiger partial charge is 0.259 e. The molecule has 0 radical (unpaired) electrons. The molecule has 33 heavy (non-hydrogen) atoms. The van der Waals surface area contributed by atoms with Crippen LogP contribution in [-0.4, -0.2) is 22.8 Å². The van der Waals surface area contributed by atoms with Gasteiger partial charge in [0.1, 0.15) is 11.4 Å². The fourth-order valence-electron chi connectivity index (χ4n) is 3.85. The molecule has 0 aliphatic rings. The third-order valence-electron chi connectivity index (χ3n) is 5.71. The second-order valence-corrected chi connectivity index (χ2v) is 9.04. The summed E-state index contributed by atoms with van der Waals surface area (Å²) < 4.78 is 7.35. The highest BCUT2D eigenvalue weighted by molar-refractivity contribution is 6.09. The molecular weight excluding hydrogens is 410 g/mol. The lowest BCUT2D eigenvalue weighted by Gasteiger charge is -2.21. The van der Waals surface area contributed by atoms with Crippen LogP contribution in [-0.2, 0) is 5.41 Å². The third kappa shape index (κ3) is 4.53. The average Bonchev–Trinajstić information content (AvgIpc) is 3.16. The molecule has 3 aromatic carbocycles. The number of carbonyl (C=O) groups is 1. The summed E-state index contributed by atoms with van der Waals surface area (Å²) in [5.74, 6) is 0.392. The summed E-state index contributed by atoms with van der Waals surface area (Å²) in [5, 5.41) is 7.93. The van der Waals surface area contributed by atoms with Crippen LogP contribution in [0.2, 0.25) is 0 Å². The van der Waals surface area contributed by atoms with E-state index < -0.39 is 0 Å². The molecule has 0 bridgehead atoms. The van der Waals surface area contributed by atoms with Gasteiger partial charge in [0, 0.05) is 5.56 Å². The van der Waals surface area contributed by atoms with E-state index in [9.17, 15) is 4.79 Å². The van der Waals surface area contributed by atoms with E-state index in [4.69, 9.17) is 9.84 Å². The number of carbonyl (C=O) groups excluding carboxylic acids is 1. The van der Waals surface area contributed by atoms with Crippen molar-refractivity contribution in [2.75, 3.05) is 12.4 Å². The van der Waals surface area contributed by atoms with Crippen LogP contribution in [0.1, 0.15) is 42.4 Å². The number of nitrogens with one attached hydrogen (secondary N) is 1. The Bertz CT molecular complexity index is 1270. The maximum atomic E-state index is 13.7. The zero-order valence-corrected chi connectivity index (χ0v) is 19.7. The van der Waals surface area contributed by atoms with Gasteiger partial charge in [-0.3, -0.25) is 4.79 Å². The summed E-state index contributed by atoms with van der Waals surface area (Å²) in [6, 6.07) is 25.5. The Balaban J connectivity index is 1.82. The summed E-state index contributed by atoms with van der Waals surface area (Å²) in [7, 11) is 1.61. The van der Waals surface area contributed by atoms with Crippen LogP contribution in [0.5, 0.6) is 5.75 Å². The number of ether oxygens (including phenoxy) is 1. The monoisotopic (exact) mass is 439 g/mol. The quantitative estimate of drug-likeness (QED) is 0.391.